The fourth-order valence-corrected chi connectivity index (χ4v) is 5.68. The Labute approximate surface area is 194 Å². The van der Waals surface area contributed by atoms with Crippen LogP contribution in [0.3, 0.4) is 0 Å². The number of hydrogen-bond acceptors (Lipinski definition) is 5. The molecule has 1 fully saturated rings. The number of fused-ring (bicyclic) bond motifs is 2. The van der Waals surface area contributed by atoms with Crippen LogP contribution in [0.15, 0.2) is 52.2 Å². The molecule has 4 aromatic rings. The predicted molar refractivity (Wildman–Crippen MR) is 126 cm³/mol. The van der Waals surface area contributed by atoms with E-state index in [9.17, 15) is 22.4 Å². The zero-order valence-corrected chi connectivity index (χ0v) is 19.2. The molecule has 3 N–H and O–H groups in total. The van der Waals surface area contributed by atoms with Crippen molar-refractivity contribution in [3.63, 3.8) is 0 Å². The van der Waals surface area contributed by atoms with Crippen molar-refractivity contribution >= 4 is 37.4 Å². The number of carbonyl (C=O) groups is 1. The van der Waals surface area contributed by atoms with E-state index < -0.39 is 15.7 Å². The number of benzene rings is 2. The average Bonchev–Trinajstić information content (AvgIpc) is 3.23. The first-order valence-corrected chi connectivity index (χ1v) is 12.9. The van der Waals surface area contributed by atoms with Gasteiger partial charge in [0.25, 0.3) is 11.5 Å². The summed E-state index contributed by atoms with van der Waals surface area (Å²) in [4.78, 5) is 27.6. The first-order chi connectivity index (χ1) is 16.2. The van der Waals surface area contributed by atoms with Gasteiger partial charge in [-0.1, -0.05) is 18.2 Å². The van der Waals surface area contributed by atoms with Gasteiger partial charge in [-0.15, -0.1) is 0 Å². The molecule has 0 atom stereocenters. The molecule has 0 saturated heterocycles. The van der Waals surface area contributed by atoms with Crippen LogP contribution in [0.4, 0.5) is 4.39 Å². The van der Waals surface area contributed by atoms with Gasteiger partial charge in [0.1, 0.15) is 11.5 Å². The minimum absolute atomic E-state index is 0.0599. The number of halogens is 1. The van der Waals surface area contributed by atoms with Gasteiger partial charge in [0.05, 0.1) is 21.5 Å². The Morgan fingerprint density at radius 1 is 1.09 bits per heavy atom. The van der Waals surface area contributed by atoms with Crippen LogP contribution >= 0.6 is 0 Å². The summed E-state index contributed by atoms with van der Waals surface area (Å²) < 4.78 is 38.0. The Balaban J connectivity index is 1.31. The maximum absolute atomic E-state index is 13.9. The van der Waals surface area contributed by atoms with Gasteiger partial charge in [-0.2, -0.15) is 5.10 Å². The highest BCUT2D eigenvalue weighted by Gasteiger charge is 2.27. The zero-order chi connectivity index (χ0) is 24.0. The van der Waals surface area contributed by atoms with Gasteiger partial charge < -0.3 is 10.3 Å². The van der Waals surface area contributed by atoms with E-state index in [1.165, 1.54) is 12.1 Å². The van der Waals surface area contributed by atoms with Crippen LogP contribution < -0.4 is 10.9 Å². The number of aromatic nitrogens is 3. The Morgan fingerprint density at radius 2 is 1.79 bits per heavy atom. The van der Waals surface area contributed by atoms with Crippen LogP contribution in [0.25, 0.3) is 21.7 Å². The first-order valence-electron chi connectivity index (χ1n) is 11.0. The summed E-state index contributed by atoms with van der Waals surface area (Å²) in [7, 11) is -3.67. The minimum atomic E-state index is -3.67. The van der Waals surface area contributed by atoms with Crippen LogP contribution in [0.2, 0.25) is 0 Å². The average molecular weight is 483 g/mol. The second-order valence-electron chi connectivity index (χ2n) is 8.83. The molecule has 2 aromatic heterocycles. The highest BCUT2D eigenvalue weighted by Crippen LogP contribution is 2.34. The van der Waals surface area contributed by atoms with E-state index in [-0.39, 0.29) is 39.5 Å². The summed E-state index contributed by atoms with van der Waals surface area (Å²) in [5.41, 5.74) is 1.05. The number of nitrogens with one attached hydrogen (secondary N) is 3. The molecule has 1 aliphatic rings. The highest BCUT2D eigenvalue weighted by molar-refractivity contribution is 7.91. The number of nitrogens with zero attached hydrogens (tertiary/aromatic N) is 1. The lowest BCUT2D eigenvalue weighted by Gasteiger charge is -2.29. The molecule has 1 saturated carbocycles. The van der Waals surface area contributed by atoms with Gasteiger partial charge in [0.2, 0.25) is 0 Å². The topological polar surface area (TPSA) is 125 Å². The van der Waals surface area contributed by atoms with Gasteiger partial charge >= 0.3 is 0 Å². The number of amides is 1. The molecule has 1 aliphatic carbocycles. The largest absolute Gasteiger partial charge is 0.349 e. The number of rotatable bonds is 4. The molecule has 34 heavy (non-hydrogen) atoms. The van der Waals surface area contributed by atoms with Crippen LogP contribution in [-0.4, -0.2) is 41.8 Å². The van der Waals surface area contributed by atoms with Gasteiger partial charge in [-0.05, 0) is 49.9 Å². The lowest BCUT2D eigenvalue weighted by molar-refractivity contribution is 0.0921. The number of H-pyrrole nitrogens is 2. The SMILES string of the molecule is CS(=O)(=O)c1cc(F)cc2cc(C(=O)N[C@H]3CC[C@H](c4n[nH]c(=O)c5ccccc54)CC3)[nH]c12. The monoisotopic (exact) mass is 482 g/mol. The highest BCUT2D eigenvalue weighted by atomic mass is 32.2. The summed E-state index contributed by atoms with van der Waals surface area (Å²) in [5.74, 6) is -0.879. The van der Waals surface area contributed by atoms with E-state index in [4.69, 9.17) is 0 Å². The third-order valence-corrected chi connectivity index (χ3v) is 7.60. The molecule has 5 rings (SSSR count). The Bertz CT molecular complexity index is 1580. The standard InChI is InChI=1S/C24H23FN4O4S/c1-34(32,33)20-12-15(25)10-14-11-19(27-22(14)20)24(31)26-16-8-6-13(7-9-16)21-17-4-2-3-5-18(17)23(30)29-28-21/h2-5,10-13,16,27H,6-9H2,1H3,(H,26,31)(H,29,30)/t13-,16-. The molecule has 1 amide bonds. The predicted octanol–water partition coefficient (Wildman–Crippen LogP) is 3.40. The van der Waals surface area contributed by atoms with Crippen LogP contribution in [0.5, 0.6) is 0 Å². The molecule has 0 spiro atoms. The van der Waals surface area contributed by atoms with Gasteiger partial charge in [-0.3, -0.25) is 9.59 Å². The summed E-state index contributed by atoms with van der Waals surface area (Å²) >= 11 is 0. The molecular formula is C24H23FN4O4S. The summed E-state index contributed by atoms with van der Waals surface area (Å²) in [6.07, 6.45) is 4.05. The smallest absolute Gasteiger partial charge is 0.272 e. The van der Waals surface area contributed by atoms with Crippen molar-refractivity contribution in [2.24, 2.45) is 0 Å². The molecule has 2 heterocycles. The van der Waals surface area contributed by atoms with Crippen molar-refractivity contribution in [2.75, 3.05) is 6.26 Å². The number of sulfone groups is 1. The molecule has 10 heteroatoms. The van der Waals surface area contributed by atoms with E-state index in [0.29, 0.717) is 10.8 Å². The molecule has 0 unspecified atom stereocenters. The Kier molecular flexibility index (Phi) is 5.47. The van der Waals surface area contributed by atoms with Crippen molar-refractivity contribution in [2.45, 2.75) is 42.5 Å². The van der Waals surface area contributed by atoms with E-state index >= 15 is 0 Å². The molecule has 0 bridgehead atoms. The first kappa shape index (κ1) is 22.3. The maximum atomic E-state index is 13.9. The van der Waals surface area contributed by atoms with E-state index in [1.54, 1.807) is 6.07 Å². The Morgan fingerprint density at radius 3 is 2.50 bits per heavy atom. The number of carbonyl (C=O) groups excluding carboxylic acids is 1. The van der Waals surface area contributed by atoms with Crippen LogP contribution in [0, 0.1) is 5.82 Å². The third kappa shape index (κ3) is 4.09. The number of aromatic amines is 2. The van der Waals surface area contributed by atoms with E-state index in [1.807, 2.05) is 18.2 Å². The van der Waals surface area contributed by atoms with Crippen molar-refractivity contribution in [1.29, 1.82) is 0 Å². The van der Waals surface area contributed by atoms with Gasteiger partial charge in [0.15, 0.2) is 9.84 Å². The summed E-state index contributed by atoms with van der Waals surface area (Å²) in [6, 6.07) is 11.0. The summed E-state index contributed by atoms with van der Waals surface area (Å²) in [6.45, 7) is 0. The Hall–Kier alpha value is -3.53. The molecule has 8 nitrogen and oxygen atoms in total. The molecule has 0 radical (unpaired) electrons. The summed E-state index contributed by atoms with van der Waals surface area (Å²) in [5, 5.41) is 11.7. The third-order valence-electron chi connectivity index (χ3n) is 6.48. The van der Waals surface area contributed by atoms with Crippen molar-refractivity contribution in [1.82, 2.24) is 20.5 Å². The van der Waals surface area contributed by atoms with Crippen molar-refractivity contribution in [3.8, 4) is 0 Å². The maximum Gasteiger partial charge on any atom is 0.272 e. The van der Waals surface area contributed by atoms with Crippen LogP contribution in [-0.2, 0) is 9.84 Å². The van der Waals surface area contributed by atoms with Crippen molar-refractivity contribution in [3.05, 3.63) is 70.0 Å². The fraction of sp³-hybridized carbons (Fsp3) is 0.292. The molecule has 0 aliphatic heterocycles. The second-order valence-corrected chi connectivity index (χ2v) is 10.8. The normalized spacial score (nSPS) is 18.9. The van der Waals surface area contributed by atoms with E-state index in [2.05, 4.69) is 20.5 Å². The fourth-order valence-electron chi connectivity index (χ4n) is 4.81. The zero-order valence-electron chi connectivity index (χ0n) is 18.4. The van der Waals surface area contributed by atoms with Gasteiger partial charge in [0, 0.05) is 29.0 Å². The van der Waals surface area contributed by atoms with Gasteiger partial charge in [-0.25, -0.2) is 17.9 Å². The number of hydrogen-bond donors (Lipinski definition) is 3. The van der Waals surface area contributed by atoms with Crippen LogP contribution in [0.1, 0.15) is 47.8 Å². The second kappa shape index (κ2) is 8.35. The molecule has 2 aromatic carbocycles. The van der Waals surface area contributed by atoms with E-state index in [0.717, 1.165) is 49.1 Å². The quantitative estimate of drug-likeness (QED) is 0.411. The molecule has 176 valence electrons. The molecular weight excluding hydrogens is 459 g/mol. The lowest BCUT2D eigenvalue weighted by Crippen LogP contribution is -2.37. The minimum Gasteiger partial charge on any atom is -0.349 e. The van der Waals surface area contributed by atoms with Crippen molar-refractivity contribution < 1.29 is 17.6 Å². The lowest BCUT2D eigenvalue weighted by atomic mass is 9.82.